The van der Waals surface area contributed by atoms with E-state index in [0.29, 0.717) is 10.7 Å². The van der Waals surface area contributed by atoms with Crippen molar-refractivity contribution in [2.75, 3.05) is 5.73 Å². The molecule has 0 atom stereocenters. The van der Waals surface area contributed by atoms with E-state index in [1.165, 1.54) is 16.7 Å². The minimum atomic E-state index is 0.626. The molecule has 1 nitrogen and oxygen atoms in total. The quantitative estimate of drug-likeness (QED) is 0.642. The van der Waals surface area contributed by atoms with Gasteiger partial charge in [0.05, 0.1) is 10.7 Å². The van der Waals surface area contributed by atoms with E-state index < -0.39 is 0 Å². The number of rotatable bonds is 3. The van der Waals surface area contributed by atoms with Crippen molar-refractivity contribution < 1.29 is 0 Å². The Kier molecular flexibility index (Phi) is 4.20. The monoisotopic (exact) mass is 277 g/mol. The summed E-state index contributed by atoms with van der Waals surface area (Å²) in [6.07, 6.45) is 0. The molecule has 2 rings (SSSR count). The first-order valence-corrected chi connectivity index (χ1v) is 7.16. The molecule has 2 aromatic carbocycles. The SMILES string of the molecule is Cc1ccc(C)c(CSc2ccc(N)c(Cl)c2)c1. The second kappa shape index (κ2) is 5.68. The molecule has 2 N–H and O–H groups in total. The lowest BCUT2D eigenvalue weighted by Crippen LogP contribution is -1.89. The van der Waals surface area contributed by atoms with Crippen LogP contribution in [0.4, 0.5) is 5.69 Å². The summed E-state index contributed by atoms with van der Waals surface area (Å²) in [6, 6.07) is 12.3. The molecule has 18 heavy (non-hydrogen) atoms. The van der Waals surface area contributed by atoms with Gasteiger partial charge in [0.25, 0.3) is 0 Å². The highest BCUT2D eigenvalue weighted by molar-refractivity contribution is 7.98. The Hall–Kier alpha value is -1.12. The first-order valence-electron chi connectivity index (χ1n) is 5.80. The zero-order chi connectivity index (χ0) is 13.1. The van der Waals surface area contributed by atoms with Crippen LogP contribution in [0.25, 0.3) is 0 Å². The van der Waals surface area contributed by atoms with E-state index in [9.17, 15) is 0 Å². The van der Waals surface area contributed by atoms with Crippen LogP contribution in [-0.2, 0) is 5.75 Å². The number of nitrogens with two attached hydrogens (primary N) is 1. The molecule has 0 aliphatic carbocycles. The van der Waals surface area contributed by atoms with Gasteiger partial charge >= 0.3 is 0 Å². The van der Waals surface area contributed by atoms with E-state index in [1.54, 1.807) is 11.8 Å². The number of anilines is 1. The first kappa shape index (κ1) is 13.3. The van der Waals surface area contributed by atoms with Gasteiger partial charge in [-0.3, -0.25) is 0 Å². The second-order valence-corrected chi connectivity index (χ2v) is 5.86. The number of benzene rings is 2. The maximum absolute atomic E-state index is 6.01. The Bertz CT molecular complexity index is 566. The van der Waals surface area contributed by atoms with E-state index in [-0.39, 0.29) is 0 Å². The molecule has 0 bridgehead atoms. The highest BCUT2D eigenvalue weighted by Gasteiger charge is 2.02. The summed E-state index contributed by atoms with van der Waals surface area (Å²) in [5, 5.41) is 0.626. The van der Waals surface area contributed by atoms with Crippen LogP contribution in [0.5, 0.6) is 0 Å². The van der Waals surface area contributed by atoms with Gasteiger partial charge in [-0.15, -0.1) is 11.8 Å². The van der Waals surface area contributed by atoms with Crippen molar-refractivity contribution >= 4 is 29.1 Å². The van der Waals surface area contributed by atoms with Crippen LogP contribution in [0.3, 0.4) is 0 Å². The molecule has 0 saturated carbocycles. The van der Waals surface area contributed by atoms with Crippen molar-refractivity contribution in [3.8, 4) is 0 Å². The molecule has 2 aromatic rings. The molecular weight excluding hydrogens is 262 g/mol. The van der Waals surface area contributed by atoms with E-state index >= 15 is 0 Å². The zero-order valence-electron chi connectivity index (χ0n) is 10.5. The van der Waals surface area contributed by atoms with Gasteiger partial charge in [-0.05, 0) is 43.2 Å². The lowest BCUT2D eigenvalue weighted by molar-refractivity contribution is 1.27. The van der Waals surface area contributed by atoms with E-state index in [2.05, 4.69) is 32.0 Å². The van der Waals surface area contributed by atoms with Gasteiger partial charge in [0.15, 0.2) is 0 Å². The van der Waals surface area contributed by atoms with Crippen LogP contribution in [0.15, 0.2) is 41.3 Å². The lowest BCUT2D eigenvalue weighted by atomic mass is 10.1. The molecule has 0 spiro atoms. The van der Waals surface area contributed by atoms with Crippen molar-refractivity contribution in [2.24, 2.45) is 0 Å². The fraction of sp³-hybridized carbons (Fsp3) is 0.200. The van der Waals surface area contributed by atoms with Gasteiger partial charge < -0.3 is 5.73 Å². The lowest BCUT2D eigenvalue weighted by Gasteiger charge is -2.08. The van der Waals surface area contributed by atoms with Gasteiger partial charge in [0.1, 0.15) is 0 Å². The summed E-state index contributed by atoms with van der Waals surface area (Å²) < 4.78 is 0. The molecule has 0 saturated heterocycles. The van der Waals surface area contributed by atoms with Gasteiger partial charge in [0, 0.05) is 10.6 Å². The van der Waals surface area contributed by atoms with Gasteiger partial charge in [-0.2, -0.15) is 0 Å². The van der Waals surface area contributed by atoms with Crippen molar-refractivity contribution in [3.63, 3.8) is 0 Å². The predicted molar refractivity (Wildman–Crippen MR) is 81.3 cm³/mol. The smallest absolute Gasteiger partial charge is 0.0646 e. The summed E-state index contributed by atoms with van der Waals surface area (Å²) >= 11 is 7.79. The van der Waals surface area contributed by atoms with Crippen LogP contribution >= 0.6 is 23.4 Å². The van der Waals surface area contributed by atoms with E-state index in [4.69, 9.17) is 17.3 Å². The third kappa shape index (κ3) is 3.21. The molecule has 3 heteroatoms. The number of aryl methyl sites for hydroxylation is 2. The molecule has 0 aliphatic heterocycles. The van der Waals surface area contributed by atoms with Crippen molar-refractivity contribution in [3.05, 3.63) is 58.1 Å². The number of hydrogen-bond acceptors (Lipinski definition) is 2. The molecule has 0 aliphatic rings. The maximum Gasteiger partial charge on any atom is 0.0646 e. The summed E-state index contributed by atoms with van der Waals surface area (Å²) in [6.45, 7) is 4.26. The van der Waals surface area contributed by atoms with Gasteiger partial charge in [0.2, 0.25) is 0 Å². The van der Waals surface area contributed by atoms with Gasteiger partial charge in [-0.1, -0.05) is 35.4 Å². The molecule has 0 radical (unpaired) electrons. The minimum absolute atomic E-state index is 0.626. The molecule has 0 heterocycles. The highest BCUT2D eigenvalue weighted by atomic mass is 35.5. The van der Waals surface area contributed by atoms with Crippen LogP contribution in [0.1, 0.15) is 16.7 Å². The fourth-order valence-corrected chi connectivity index (χ4v) is 2.96. The molecular formula is C15H16ClNS. The summed E-state index contributed by atoms with van der Waals surface area (Å²) in [7, 11) is 0. The van der Waals surface area contributed by atoms with Crippen molar-refractivity contribution in [1.82, 2.24) is 0 Å². The Morgan fingerprint density at radius 2 is 1.89 bits per heavy atom. The predicted octanol–water partition coefficient (Wildman–Crippen LogP) is 4.83. The fourth-order valence-electron chi connectivity index (χ4n) is 1.71. The number of hydrogen-bond donors (Lipinski definition) is 1. The van der Waals surface area contributed by atoms with Crippen LogP contribution in [0.2, 0.25) is 5.02 Å². The van der Waals surface area contributed by atoms with Crippen LogP contribution in [0, 0.1) is 13.8 Å². The Labute approximate surface area is 117 Å². The van der Waals surface area contributed by atoms with Crippen molar-refractivity contribution in [2.45, 2.75) is 24.5 Å². The highest BCUT2D eigenvalue weighted by Crippen LogP contribution is 2.29. The third-order valence-corrected chi connectivity index (χ3v) is 4.24. The second-order valence-electron chi connectivity index (χ2n) is 4.40. The normalized spacial score (nSPS) is 10.6. The summed E-state index contributed by atoms with van der Waals surface area (Å²) in [5.41, 5.74) is 10.3. The van der Waals surface area contributed by atoms with Crippen molar-refractivity contribution in [1.29, 1.82) is 0 Å². The largest absolute Gasteiger partial charge is 0.398 e. The standard InChI is InChI=1S/C15H16ClNS/c1-10-3-4-11(2)12(7-10)9-18-13-5-6-15(17)14(16)8-13/h3-8H,9,17H2,1-2H3. The molecule has 0 unspecified atom stereocenters. The number of thioether (sulfide) groups is 1. The first-order chi connectivity index (χ1) is 8.56. The Balaban J connectivity index is 2.11. The van der Waals surface area contributed by atoms with E-state index in [0.717, 1.165) is 10.6 Å². The minimum Gasteiger partial charge on any atom is -0.398 e. The average molecular weight is 278 g/mol. The van der Waals surface area contributed by atoms with Crippen LogP contribution < -0.4 is 5.73 Å². The number of nitrogen functional groups attached to an aromatic ring is 1. The molecule has 0 aromatic heterocycles. The average Bonchev–Trinajstić information content (AvgIpc) is 2.34. The van der Waals surface area contributed by atoms with Gasteiger partial charge in [-0.25, -0.2) is 0 Å². The third-order valence-electron chi connectivity index (χ3n) is 2.87. The maximum atomic E-state index is 6.01. The summed E-state index contributed by atoms with van der Waals surface area (Å²) in [4.78, 5) is 1.15. The molecule has 0 amide bonds. The molecule has 0 fully saturated rings. The molecule has 94 valence electrons. The topological polar surface area (TPSA) is 26.0 Å². The Morgan fingerprint density at radius 1 is 1.11 bits per heavy atom. The number of halogens is 1. The van der Waals surface area contributed by atoms with E-state index in [1.807, 2.05) is 18.2 Å². The Morgan fingerprint density at radius 3 is 2.61 bits per heavy atom. The van der Waals surface area contributed by atoms with Crippen LogP contribution in [-0.4, -0.2) is 0 Å². The zero-order valence-corrected chi connectivity index (χ0v) is 12.1. The summed E-state index contributed by atoms with van der Waals surface area (Å²) in [5.74, 6) is 0.952.